The summed E-state index contributed by atoms with van der Waals surface area (Å²) in [5.74, 6) is 0.635. The van der Waals surface area contributed by atoms with Crippen molar-refractivity contribution in [3.8, 4) is 0 Å². The zero-order valence-electron chi connectivity index (χ0n) is 15.5. The summed E-state index contributed by atoms with van der Waals surface area (Å²) in [5.41, 5.74) is 3.43. The van der Waals surface area contributed by atoms with Crippen LogP contribution in [0.3, 0.4) is 0 Å². The number of carbonyl (C=O) groups excluding carboxylic acids is 1. The smallest absolute Gasteiger partial charge is 0.251 e. The zero-order valence-corrected chi connectivity index (χ0v) is 15.5. The van der Waals surface area contributed by atoms with Crippen LogP contribution in [-0.2, 0) is 17.6 Å². The molecule has 1 saturated heterocycles. The number of hydrogen-bond donors (Lipinski definition) is 1. The number of amides is 1. The first kappa shape index (κ1) is 17.7. The van der Waals surface area contributed by atoms with Crippen LogP contribution in [0.15, 0.2) is 52.9 Å². The van der Waals surface area contributed by atoms with E-state index in [1.807, 2.05) is 12.1 Å². The summed E-state index contributed by atoms with van der Waals surface area (Å²) in [6, 6.07) is 15.8. The fourth-order valence-electron chi connectivity index (χ4n) is 3.26. The summed E-state index contributed by atoms with van der Waals surface area (Å²) in [7, 11) is 0. The molecule has 1 aliphatic rings. The fourth-order valence-corrected chi connectivity index (χ4v) is 3.26. The highest BCUT2D eigenvalue weighted by molar-refractivity contribution is 5.97. The van der Waals surface area contributed by atoms with Gasteiger partial charge < -0.3 is 14.5 Å². The number of nitrogens with zero attached hydrogens (tertiary/aromatic N) is 1. The highest BCUT2D eigenvalue weighted by Gasteiger charge is 2.33. The summed E-state index contributed by atoms with van der Waals surface area (Å²) in [6.07, 6.45) is 2.75. The molecule has 2 aromatic carbocycles. The summed E-state index contributed by atoms with van der Waals surface area (Å²) >= 11 is 0. The van der Waals surface area contributed by atoms with Gasteiger partial charge in [-0.25, -0.2) is 4.98 Å². The van der Waals surface area contributed by atoms with Crippen LogP contribution in [0.4, 0.5) is 0 Å². The average Bonchev–Trinajstić information content (AvgIpc) is 3.07. The SMILES string of the molecule is CC1(CNC(=O)c2ccc3oc(CCCc4ccccc4)nc3c2)COC1. The molecule has 0 unspecified atom stereocenters. The number of carbonyl (C=O) groups is 1. The van der Waals surface area contributed by atoms with Crippen LogP contribution in [-0.4, -0.2) is 30.6 Å². The van der Waals surface area contributed by atoms with Gasteiger partial charge in [0, 0.05) is 23.9 Å². The molecule has 4 rings (SSSR count). The van der Waals surface area contributed by atoms with Crippen molar-refractivity contribution in [2.45, 2.75) is 26.2 Å². The Morgan fingerprint density at radius 2 is 1.96 bits per heavy atom. The van der Waals surface area contributed by atoms with Gasteiger partial charge in [-0.2, -0.15) is 0 Å². The monoisotopic (exact) mass is 364 g/mol. The van der Waals surface area contributed by atoms with Gasteiger partial charge >= 0.3 is 0 Å². The molecule has 3 aromatic rings. The molecule has 0 atom stereocenters. The van der Waals surface area contributed by atoms with E-state index in [0.29, 0.717) is 25.3 Å². The summed E-state index contributed by atoms with van der Waals surface area (Å²) in [6.45, 7) is 4.12. The summed E-state index contributed by atoms with van der Waals surface area (Å²) in [4.78, 5) is 17.0. The molecular weight excluding hydrogens is 340 g/mol. The van der Waals surface area contributed by atoms with Crippen molar-refractivity contribution in [3.63, 3.8) is 0 Å². The molecule has 140 valence electrons. The van der Waals surface area contributed by atoms with Crippen LogP contribution >= 0.6 is 0 Å². The Hall–Kier alpha value is -2.66. The van der Waals surface area contributed by atoms with E-state index < -0.39 is 0 Å². The number of nitrogens with one attached hydrogen (secondary N) is 1. The lowest BCUT2D eigenvalue weighted by atomic mass is 9.88. The normalized spacial score (nSPS) is 15.4. The third-order valence-electron chi connectivity index (χ3n) is 4.97. The Kier molecular flexibility index (Phi) is 4.94. The molecular formula is C22H24N2O3. The molecule has 5 nitrogen and oxygen atoms in total. The highest BCUT2D eigenvalue weighted by Crippen LogP contribution is 2.25. The Morgan fingerprint density at radius 3 is 2.70 bits per heavy atom. The van der Waals surface area contributed by atoms with Crippen molar-refractivity contribution < 1.29 is 13.9 Å². The van der Waals surface area contributed by atoms with Gasteiger partial charge in [0.25, 0.3) is 5.91 Å². The molecule has 0 radical (unpaired) electrons. The molecule has 2 heterocycles. The Labute approximate surface area is 158 Å². The van der Waals surface area contributed by atoms with E-state index in [1.54, 1.807) is 12.1 Å². The second kappa shape index (κ2) is 7.53. The number of hydrogen-bond acceptors (Lipinski definition) is 4. The van der Waals surface area contributed by atoms with E-state index in [2.05, 4.69) is 41.5 Å². The van der Waals surface area contributed by atoms with Crippen molar-refractivity contribution in [1.29, 1.82) is 0 Å². The minimum absolute atomic E-state index is 0.0551. The number of aryl methyl sites for hydroxylation is 2. The lowest BCUT2D eigenvalue weighted by Gasteiger charge is -2.38. The quantitative estimate of drug-likeness (QED) is 0.693. The minimum Gasteiger partial charge on any atom is -0.441 e. The molecule has 1 amide bonds. The number of oxazole rings is 1. The van der Waals surface area contributed by atoms with Crippen molar-refractivity contribution in [2.75, 3.05) is 19.8 Å². The average molecular weight is 364 g/mol. The van der Waals surface area contributed by atoms with Crippen LogP contribution in [0.5, 0.6) is 0 Å². The van der Waals surface area contributed by atoms with E-state index >= 15 is 0 Å². The predicted molar refractivity (Wildman–Crippen MR) is 104 cm³/mol. The Morgan fingerprint density at radius 1 is 1.15 bits per heavy atom. The fraction of sp³-hybridized carbons (Fsp3) is 0.364. The lowest BCUT2D eigenvalue weighted by Crippen LogP contribution is -2.48. The second-order valence-electron chi connectivity index (χ2n) is 7.62. The maximum atomic E-state index is 12.4. The van der Waals surface area contributed by atoms with E-state index in [9.17, 15) is 4.79 Å². The van der Waals surface area contributed by atoms with Gasteiger partial charge in [0.1, 0.15) is 5.52 Å². The van der Waals surface area contributed by atoms with Gasteiger partial charge in [-0.15, -0.1) is 0 Å². The lowest BCUT2D eigenvalue weighted by molar-refractivity contribution is -0.0978. The first-order valence-electron chi connectivity index (χ1n) is 9.41. The molecule has 1 N–H and O–H groups in total. The van der Waals surface area contributed by atoms with E-state index in [-0.39, 0.29) is 11.3 Å². The molecule has 1 aromatic heterocycles. The van der Waals surface area contributed by atoms with Crippen LogP contribution in [0.25, 0.3) is 11.1 Å². The topological polar surface area (TPSA) is 64.4 Å². The molecule has 0 saturated carbocycles. The van der Waals surface area contributed by atoms with E-state index in [1.165, 1.54) is 5.56 Å². The third-order valence-corrected chi connectivity index (χ3v) is 4.97. The highest BCUT2D eigenvalue weighted by atomic mass is 16.5. The molecule has 0 aliphatic carbocycles. The standard InChI is InChI=1S/C22H24N2O3/c1-22(14-26-15-22)13-23-21(25)17-10-11-19-18(12-17)24-20(27-19)9-5-8-16-6-3-2-4-7-16/h2-4,6-7,10-12H,5,8-9,13-15H2,1H3,(H,23,25). The third kappa shape index (κ3) is 4.19. The van der Waals surface area contributed by atoms with Gasteiger partial charge in [0.05, 0.1) is 13.2 Å². The number of ether oxygens (including phenoxy) is 1. The van der Waals surface area contributed by atoms with Crippen LogP contribution in [0, 0.1) is 5.41 Å². The van der Waals surface area contributed by atoms with Gasteiger partial charge in [0.2, 0.25) is 0 Å². The molecule has 5 heteroatoms. The van der Waals surface area contributed by atoms with E-state index in [4.69, 9.17) is 9.15 Å². The van der Waals surface area contributed by atoms with Crippen LogP contribution in [0.2, 0.25) is 0 Å². The van der Waals surface area contributed by atoms with Gasteiger partial charge in [-0.05, 0) is 36.6 Å². The summed E-state index contributed by atoms with van der Waals surface area (Å²) in [5, 5.41) is 2.99. The number of fused-ring (bicyclic) bond motifs is 1. The van der Waals surface area contributed by atoms with Crippen LogP contribution < -0.4 is 5.32 Å². The largest absolute Gasteiger partial charge is 0.441 e. The van der Waals surface area contributed by atoms with Crippen molar-refractivity contribution in [1.82, 2.24) is 10.3 Å². The maximum absolute atomic E-state index is 12.4. The van der Waals surface area contributed by atoms with Crippen molar-refractivity contribution in [2.24, 2.45) is 5.41 Å². The van der Waals surface area contributed by atoms with Gasteiger partial charge in [-0.3, -0.25) is 4.79 Å². The van der Waals surface area contributed by atoms with Crippen molar-refractivity contribution in [3.05, 3.63) is 65.5 Å². The Balaban J connectivity index is 1.37. The predicted octanol–water partition coefficient (Wildman–Crippen LogP) is 3.77. The molecule has 27 heavy (non-hydrogen) atoms. The Bertz CT molecular complexity index is 929. The second-order valence-corrected chi connectivity index (χ2v) is 7.62. The number of rotatable bonds is 7. The first-order chi connectivity index (χ1) is 13.1. The van der Waals surface area contributed by atoms with Crippen LogP contribution in [0.1, 0.15) is 35.2 Å². The van der Waals surface area contributed by atoms with Gasteiger partial charge in [0.15, 0.2) is 11.5 Å². The molecule has 1 aliphatic heterocycles. The van der Waals surface area contributed by atoms with Crippen molar-refractivity contribution >= 4 is 17.0 Å². The zero-order chi connectivity index (χ0) is 18.7. The maximum Gasteiger partial charge on any atom is 0.251 e. The number of aromatic nitrogens is 1. The van der Waals surface area contributed by atoms with E-state index in [0.717, 1.165) is 36.3 Å². The molecule has 1 fully saturated rings. The molecule has 0 spiro atoms. The number of benzene rings is 2. The first-order valence-corrected chi connectivity index (χ1v) is 9.41. The summed E-state index contributed by atoms with van der Waals surface area (Å²) < 4.78 is 11.0. The van der Waals surface area contributed by atoms with Gasteiger partial charge in [-0.1, -0.05) is 37.3 Å². The molecule has 0 bridgehead atoms. The minimum atomic E-state index is -0.0846.